The number of anilines is 1. The molecular formula is C29H22FN3O4. The van der Waals surface area contributed by atoms with Crippen LogP contribution in [-0.4, -0.2) is 29.6 Å². The van der Waals surface area contributed by atoms with Crippen molar-refractivity contribution in [2.45, 2.75) is 37.4 Å². The number of ether oxygens (including phenoxy) is 2. The van der Waals surface area contributed by atoms with Gasteiger partial charge in [-0.2, -0.15) is 10.5 Å². The van der Waals surface area contributed by atoms with E-state index in [-0.39, 0.29) is 29.7 Å². The van der Waals surface area contributed by atoms with E-state index < -0.39 is 28.9 Å². The van der Waals surface area contributed by atoms with Gasteiger partial charge in [0.1, 0.15) is 17.6 Å². The molecule has 0 N–H and O–H groups in total. The lowest BCUT2D eigenvalue weighted by molar-refractivity contribution is -0.131. The first-order chi connectivity index (χ1) is 17.8. The van der Waals surface area contributed by atoms with Gasteiger partial charge in [0, 0.05) is 23.3 Å². The number of imide groups is 1. The second-order valence-corrected chi connectivity index (χ2v) is 10.1. The zero-order valence-corrected chi connectivity index (χ0v) is 20.0. The Labute approximate surface area is 212 Å². The minimum atomic E-state index is -0.867. The zero-order valence-electron chi connectivity index (χ0n) is 20.0. The molecule has 4 unspecified atom stereocenters. The molecule has 3 aliphatic rings. The van der Waals surface area contributed by atoms with Gasteiger partial charge in [-0.25, -0.2) is 9.29 Å². The van der Waals surface area contributed by atoms with Crippen molar-refractivity contribution in [3.05, 3.63) is 71.5 Å². The van der Waals surface area contributed by atoms with Gasteiger partial charge in [0.25, 0.3) is 0 Å². The maximum atomic E-state index is 14.0. The number of benzene rings is 3. The molecule has 3 heterocycles. The van der Waals surface area contributed by atoms with E-state index >= 15 is 0 Å². The third-order valence-corrected chi connectivity index (χ3v) is 8.13. The Bertz CT molecular complexity index is 1570. The van der Waals surface area contributed by atoms with E-state index in [0.717, 1.165) is 6.07 Å². The van der Waals surface area contributed by atoms with Gasteiger partial charge in [-0.05, 0) is 44.0 Å². The number of carbonyl (C=O) groups excluding carboxylic acids is 2. The van der Waals surface area contributed by atoms with Gasteiger partial charge < -0.3 is 9.47 Å². The van der Waals surface area contributed by atoms with Crippen LogP contribution in [0.2, 0.25) is 0 Å². The summed E-state index contributed by atoms with van der Waals surface area (Å²) < 4.78 is 26.2. The number of nitrogens with zero attached hydrogens (tertiary/aromatic N) is 3. The third kappa shape index (κ3) is 3.26. The maximum absolute atomic E-state index is 14.0. The van der Waals surface area contributed by atoms with E-state index in [1.165, 1.54) is 17.0 Å². The molecule has 7 nitrogen and oxygen atoms in total. The lowest BCUT2D eigenvalue weighted by Gasteiger charge is -2.31. The Hall–Kier alpha value is -4.27. The van der Waals surface area contributed by atoms with Crippen LogP contribution in [0.5, 0.6) is 5.75 Å². The van der Waals surface area contributed by atoms with Gasteiger partial charge >= 0.3 is 0 Å². The molecule has 0 radical (unpaired) electrons. The van der Waals surface area contributed by atoms with Crippen molar-refractivity contribution in [1.82, 2.24) is 0 Å². The summed E-state index contributed by atoms with van der Waals surface area (Å²) >= 11 is 0. The fourth-order valence-corrected chi connectivity index (χ4v) is 6.44. The number of nitriles is 2. The van der Waals surface area contributed by atoms with Gasteiger partial charge in [-0.3, -0.25) is 9.59 Å². The molecule has 4 atom stereocenters. The van der Waals surface area contributed by atoms with Crippen LogP contribution in [0, 0.1) is 40.3 Å². The topological polar surface area (TPSA) is 103 Å². The Morgan fingerprint density at radius 2 is 1.70 bits per heavy atom. The van der Waals surface area contributed by atoms with Crippen molar-refractivity contribution < 1.29 is 23.5 Å². The number of carbonyl (C=O) groups is 2. The van der Waals surface area contributed by atoms with E-state index in [1.807, 2.05) is 31.2 Å². The summed E-state index contributed by atoms with van der Waals surface area (Å²) in [5.74, 6) is -2.25. The SMILES string of the molecule is CC12CCC(CCOc3ccc(C#N)c(F)c3)(O1)C1C(=O)N(c3ccc(C#N)c4ccccc34)C(=O)C12. The summed E-state index contributed by atoms with van der Waals surface area (Å²) in [5.41, 5.74) is -0.753. The molecule has 8 heteroatoms. The van der Waals surface area contributed by atoms with E-state index in [9.17, 15) is 19.2 Å². The number of rotatable bonds is 5. The second-order valence-electron chi connectivity index (χ2n) is 10.1. The summed E-state index contributed by atoms with van der Waals surface area (Å²) in [4.78, 5) is 29.0. The summed E-state index contributed by atoms with van der Waals surface area (Å²) in [6, 6.07) is 18.6. The predicted molar refractivity (Wildman–Crippen MR) is 131 cm³/mol. The highest BCUT2D eigenvalue weighted by Gasteiger charge is 2.73. The predicted octanol–water partition coefficient (Wildman–Crippen LogP) is 4.62. The first-order valence-electron chi connectivity index (χ1n) is 12.1. The molecule has 3 aromatic carbocycles. The highest BCUT2D eigenvalue weighted by atomic mass is 19.1. The van der Waals surface area contributed by atoms with Crippen LogP contribution in [0.1, 0.15) is 37.3 Å². The fraction of sp³-hybridized carbons (Fsp3) is 0.310. The van der Waals surface area contributed by atoms with E-state index in [0.29, 0.717) is 41.3 Å². The van der Waals surface area contributed by atoms with Crippen molar-refractivity contribution in [3.8, 4) is 17.9 Å². The van der Waals surface area contributed by atoms with Crippen LogP contribution >= 0.6 is 0 Å². The molecule has 2 amide bonds. The number of hydrogen-bond donors (Lipinski definition) is 0. The molecule has 3 aromatic rings. The third-order valence-electron chi connectivity index (χ3n) is 8.13. The lowest BCUT2D eigenvalue weighted by Crippen LogP contribution is -2.43. The summed E-state index contributed by atoms with van der Waals surface area (Å²) in [6.07, 6.45) is 1.60. The van der Waals surface area contributed by atoms with Crippen LogP contribution in [0.15, 0.2) is 54.6 Å². The molecule has 2 bridgehead atoms. The number of fused-ring (bicyclic) bond motifs is 6. The van der Waals surface area contributed by atoms with Gasteiger partial charge in [0.05, 0.1) is 52.5 Å². The van der Waals surface area contributed by atoms with Crippen molar-refractivity contribution in [1.29, 1.82) is 10.5 Å². The summed E-state index contributed by atoms with van der Waals surface area (Å²) in [7, 11) is 0. The molecule has 0 aromatic heterocycles. The van der Waals surface area contributed by atoms with Crippen LogP contribution in [0.4, 0.5) is 10.1 Å². The van der Waals surface area contributed by atoms with Crippen molar-refractivity contribution >= 4 is 28.3 Å². The Morgan fingerprint density at radius 3 is 2.43 bits per heavy atom. The molecule has 0 spiro atoms. The van der Waals surface area contributed by atoms with Crippen molar-refractivity contribution in [2.75, 3.05) is 11.5 Å². The monoisotopic (exact) mass is 495 g/mol. The highest BCUT2D eigenvalue weighted by molar-refractivity contribution is 6.26. The molecule has 3 fully saturated rings. The molecule has 37 heavy (non-hydrogen) atoms. The second kappa shape index (κ2) is 8.12. The highest BCUT2D eigenvalue weighted by Crippen LogP contribution is 2.62. The summed E-state index contributed by atoms with van der Waals surface area (Å²) in [5, 5.41) is 19.8. The van der Waals surface area contributed by atoms with E-state index in [4.69, 9.17) is 14.7 Å². The largest absolute Gasteiger partial charge is 0.493 e. The quantitative estimate of drug-likeness (QED) is 0.479. The molecule has 3 aliphatic heterocycles. The van der Waals surface area contributed by atoms with Crippen LogP contribution in [0.3, 0.4) is 0 Å². The molecule has 184 valence electrons. The Morgan fingerprint density at radius 1 is 1.00 bits per heavy atom. The number of hydrogen-bond acceptors (Lipinski definition) is 6. The normalized spacial score (nSPS) is 27.8. The molecule has 0 aliphatic carbocycles. The van der Waals surface area contributed by atoms with E-state index in [1.54, 1.807) is 18.2 Å². The summed E-state index contributed by atoms with van der Waals surface area (Å²) in [6.45, 7) is 2.05. The van der Waals surface area contributed by atoms with Crippen molar-refractivity contribution in [3.63, 3.8) is 0 Å². The Balaban J connectivity index is 1.31. The van der Waals surface area contributed by atoms with Gasteiger partial charge in [0.15, 0.2) is 0 Å². The average Bonchev–Trinajstić information content (AvgIpc) is 3.48. The fourth-order valence-electron chi connectivity index (χ4n) is 6.44. The smallest absolute Gasteiger partial charge is 0.240 e. The average molecular weight is 496 g/mol. The lowest BCUT2D eigenvalue weighted by atomic mass is 9.67. The standard InChI is InChI=1S/C29H22FN3O4/c1-28-10-11-29(37-28,12-13-36-19-8-6-18(16-32)22(30)14-19)25-24(28)26(34)33(27(25)35)23-9-7-17(15-31)20-4-2-3-5-21(20)23/h2-9,14,24-25H,10-13H2,1H3. The van der Waals surface area contributed by atoms with Crippen LogP contribution in [-0.2, 0) is 14.3 Å². The Kier molecular flexibility index (Phi) is 5.08. The van der Waals surface area contributed by atoms with Gasteiger partial charge in [0.2, 0.25) is 11.8 Å². The first-order valence-corrected chi connectivity index (χ1v) is 12.1. The van der Waals surface area contributed by atoms with E-state index in [2.05, 4.69) is 6.07 Å². The van der Waals surface area contributed by atoms with Gasteiger partial charge in [-0.1, -0.05) is 24.3 Å². The minimum Gasteiger partial charge on any atom is -0.493 e. The number of halogens is 1. The van der Waals surface area contributed by atoms with Crippen LogP contribution in [0.25, 0.3) is 10.8 Å². The van der Waals surface area contributed by atoms with Gasteiger partial charge in [-0.15, -0.1) is 0 Å². The first kappa shape index (κ1) is 23.1. The van der Waals surface area contributed by atoms with Crippen LogP contribution < -0.4 is 9.64 Å². The number of amides is 2. The van der Waals surface area contributed by atoms with Crippen molar-refractivity contribution in [2.24, 2.45) is 11.8 Å². The maximum Gasteiger partial charge on any atom is 0.240 e. The molecule has 6 rings (SSSR count). The molecule has 0 saturated carbocycles. The zero-order chi connectivity index (χ0) is 25.9. The molecular weight excluding hydrogens is 473 g/mol. The molecule has 3 saturated heterocycles. The minimum absolute atomic E-state index is 0.0649.